The summed E-state index contributed by atoms with van der Waals surface area (Å²) in [7, 11) is 1.77. The lowest BCUT2D eigenvalue weighted by Crippen LogP contribution is -2.41. The van der Waals surface area contributed by atoms with Crippen LogP contribution in [0.2, 0.25) is 0 Å². The van der Waals surface area contributed by atoms with Crippen LogP contribution in [-0.2, 0) is 9.59 Å². The molecule has 5 nitrogen and oxygen atoms in total. The third kappa shape index (κ3) is 4.29. The van der Waals surface area contributed by atoms with Gasteiger partial charge in [-0.25, -0.2) is 0 Å². The van der Waals surface area contributed by atoms with Crippen LogP contribution in [-0.4, -0.2) is 54.3 Å². The molecule has 0 aromatic rings. The summed E-state index contributed by atoms with van der Waals surface area (Å²) in [4.78, 5) is 26.7. The molecule has 0 aromatic carbocycles. The predicted molar refractivity (Wildman–Crippen MR) is 70.9 cm³/mol. The number of nitrogens with two attached hydrogens (primary N) is 1. The van der Waals surface area contributed by atoms with Crippen molar-refractivity contribution in [3.05, 3.63) is 0 Å². The Kier molecular flexibility index (Phi) is 5.59. The molecule has 0 spiro atoms. The molecule has 0 bridgehead atoms. The first kappa shape index (κ1) is 15.0. The number of carbonyl (C=O) groups excluding carboxylic acids is 2. The first-order valence-corrected chi connectivity index (χ1v) is 6.69. The number of hydrogen-bond acceptors (Lipinski definition) is 3. The van der Waals surface area contributed by atoms with Crippen LogP contribution in [0.4, 0.5) is 0 Å². The topological polar surface area (TPSA) is 66.6 Å². The number of nitrogens with zero attached hydrogens (tertiary/aromatic N) is 2. The van der Waals surface area contributed by atoms with Gasteiger partial charge < -0.3 is 15.5 Å². The van der Waals surface area contributed by atoms with Gasteiger partial charge in [0.15, 0.2) is 0 Å². The second kappa shape index (κ2) is 6.73. The lowest BCUT2D eigenvalue weighted by Gasteiger charge is -2.24. The van der Waals surface area contributed by atoms with Gasteiger partial charge in [0, 0.05) is 32.6 Å². The second-order valence-electron chi connectivity index (χ2n) is 5.43. The largest absolute Gasteiger partial charge is 0.344 e. The molecule has 0 aliphatic carbocycles. The van der Waals surface area contributed by atoms with E-state index in [2.05, 4.69) is 13.8 Å². The van der Waals surface area contributed by atoms with E-state index in [4.69, 9.17) is 5.73 Å². The number of hydrogen-bond donors (Lipinski definition) is 1. The normalized spacial score (nSPS) is 17.4. The standard InChI is InChI=1S/C13H25N3O2/c1-10(2)11(14)6-8-15(3)13(18)9-16-7-4-5-12(16)17/h10-11H,4-9,14H2,1-3H3. The summed E-state index contributed by atoms with van der Waals surface area (Å²) in [6.07, 6.45) is 2.25. The van der Waals surface area contributed by atoms with E-state index >= 15 is 0 Å². The van der Waals surface area contributed by atoms with Gasteiger partial charge in [-0.05, 0) is 18.8 Å². The Balaban J connectivity index is 2.30. The van der Waals surface area contributed by atoms with Crippen molar-refractivity contribution in [1.29, 1.82) is 0 Å². The fourth-order valence-electron chi connectivity index (χ4n) is 1.96. The Morgan fingerprint density at radius 3 is 2.67 bits per heavy atom. The van der Waals surface area contributed by atoms with E-state index in [-0.39, 0.29) is 24.4 Å². The minimum Gasteiger partial charge on any atom is -0.344 e. The summed E-state index contributed by atoms with van der Waals surface area (Å²) in [5.41, 5.74) is 5.95. The van der Waals surface area contributed by atoms with Crippen molar-refractivity contribution in [3.8, 4) is 0 Å². The van der Waals surface area contributed by atoms with Crippen LogP contribution in [0.3, 0.4) is 0 Å². The average molecular weight is 255 g/mol. The Morgan fingerprint density at radius 1 is 1.50 bits per heavy atom. The van der Waals surface area contributed by atoms with Gasteiger partial charge >= 0.3 is 0 Å². The first-order chi connectivity index (χ1) is 8.41. The minimum absolute atomic E-state index is 0.00112. The molecule has 2 N–H and O–H groups in total. The Bertz CT molecular complexity index is 305. The maximum atomic E-state index is 11.9. The third-order valence-corrected chi connectivity index (χ3v) is 3.58. The summed E-state index contributed by atoms with van der Waals surface area (Å²) in [5, 5.41) is 0. The smallest absolute Gasteiger partial charge is 0.241 e. The van der Waals surface area contributed by atoms with Crippen LogP contribution in [0.5, 0.6) is 0 Å². The van der Waals surface area contributed by atoms with Gasteiger partial charge in [-0.1, -0.05) is 13.8 Å². The van der Waals surface area contributed by atoms with Gasteiger partial charge in [0.25, 0.3) is 0 Å². The lowest BCUT2D eigenvalue weighted by molar-refractivity contribution is -0.137. The van der Waals surface area contributed by atoms with Crippen molar-refractivity contribution in [2.45, 2.75) is 39.2 Å². The van der Waals surface area contributed by atoms with E-state index in [0.717, 1.165) is 12.8 Å². The van der Waals surface area contributed by atoms with E-state index in [1.165, 1.54) is 0 Å². The molecule has 18 heavy (non-hydrogen) atoms. The van der Waals surface area contributed by atoms with E-state index in [9.17, 15) is 9.59 Å². The summed E-state index contributed by atoms with van der Waals surface area (Å²) in [6.45, 7) is 5.74. The van der Waals surface area contributed by atoms with Crippen molar-refractivity contribution in [2.75, 3.05) is 26.7 Å². The first-order valence-electron chi connectivity index (χ1n) is 6.69. The molecule has 1 aliphatic rings. The molecule has 0 saturated carbocycles. The summed E-state index contributed by atoms with van der Waals surface area (Å²) in [6, 6.07) is 0.119. The number of likely N-dealkylation sites (N-methyl/N-ethyl adjacent to an activating group) is 1. The van der Waals surface area contributed by atoms with Gasteiger partial charge in [0.2, 0.25) is 11.8 Å². The second-order valence-corrected chi connectivity index (χ2v) is 5.43. The van der Waals surface area contributed by atoms with Crippen LogP contribution in [0, 0.1) is 5.92 Å². The highest BCUT2D eigenvalue weighted by molar-refractivity contribution is 5.85. The van der Waals surface area contributed by atoms with Gasteiger partial charge in [-0.2, -0.15) is 0 Å². The monoisotopic (exact) mass is 255 g/mol. The van der Waals surface area contributed by atoms with E-state index < -0.39 is 0 Å². The Labute approximate surface area is 109 Å². The molecule has 5 heteroatoms. The molecule has 0 aromatic heterocycles. The predicted octanol–water partition coefficient (Wildman–Crippen LogP) is 0.441. The summed E-state index contributed by atoms with van der Waals surface area (Å²) >= 11 is 0. The molecule has 1 atom stereocenters. The van der Waals surface area contributed by atoms with E-state index in [1.54, 1.807) is 16.8 Å². The molecule has 1 unspecified atom stereocenters. The fraction of sp³-hybridized carbons (Fsp3) is 0.846. The zero-order valence-electron chi connectivity index (χ0n) is 11.7. The van der Waals surface area contributed by atoms with Crippen LogP contribution < -0.4 is 5.73 Å². The molecule has 0 radical (unpaired) electrons. The fourth-order valence-corrected chi connectivity index (χ4v) is 1.96. The number of carbonyl (C=O) groups is 2. The molecular formula is C13H25N3O2. The molecule has 2 amide bonds. The summed E-state index contributed by atoms with van der Waals surface area (Å²) < 4.78 is 0. The molecule has 1 aliphatic heterocycles. The van der Waals surface area contributed by atoms with Crippen LogP contribution in [0.15, 0.2) is 0 Å². The van der Waals surface area contributed by atoms with E-state index in [1.807, 2.05) is 0 Å². The quantitative estimate of drug-likeness (QED) is 0.749. The van der Waals surface area contributed by atoms with Crippen molar-refractivity contribution in [3.63, 3.8) is 0 Å². The zero-order chi connectivity index (χ0) is 13.7. The maximum absolute atomic E-state index is 11.9. The van der Waals surface area contributed by atoms with Gasteiger partial charge in [-0.3, -0.25) is 9.59 Å². The highest BCUT2D eigenvalue weighted by Gasteiger charge is 2.23. The molecule has 1 fully saturated rings. The highest BCUT2D eigenvalue weighted by atomic mass is 16.2. The maximum Gasteiger partial charge on any atom is 0.241 e. The minimum atomic E-state index is 0.00112. The van der Waals surface area contributed by atoms with Crippen LogP contribution in [0.1, 0.15) is 33.1 Å². The summed E-state index contributed by atoms with van der Waals surface area (Å²) in [5.74, 6) is 0.519. The lowest BCUT2D eigenvalue weighted by atomic mass is 10.0. The van der Waals surface area contributed by atoms with Gasteiger partial charge in [-0.15, -0.1) is 0 Å². The van der Waals surface area contributed by atoms with Crippen LogP contribution >= 0.6 is 0 Å². The average Bonchev–Trinajstić information content (AvgIpc) is 2.71. The Hall–Kier alpha value is -1.10. The van der Waals surface area contributed by atoms with Crippen molar-refractivity contribution in [2.24, 2.45) is 11.7 Å². The molecule has 1 saturated heterocycles. The molecule has 104 valence electrons. The zero-order valence-corrected chi connectivity index (χ0v) is 11.7. The SMILES string of the molecule is CC(C)C(N)CCN(C)C(=O)CN1CCCC1=O. The van der Waals surface area contributed by atoms with E-state index in [0.29, 0.717) is 25.4 Å². The highest BCUT2D eigenvalue weighted by Crippen LogP contribution is 2.10. The Morgan fingerprint density at radius 2 is 2.17 bits per heavy atom. The molecule has 1 rings (SSSR count). The van der Waals surface area contributed by atoms with Crippen LogP contribution in [0.25, 0.3) is 0 Å². The van der Waals surface area contributed by atoms with Gasteiger partial charge in [0.1, 0.15) is 0 Å². The number of likely N-dealkylation sites (tertiary alicyclic amines) is 1. The number of amides is 2. The van der Waals surface area contributed by atoms with Crippen molar-refractivity contribution >= 4 is 11.8 Å². The number of rotatable bonds is 6. The van der Waals surface area contributed by atoms with Crippen molar-refractivity contribution < 1.29 is 9.59 Å². The molecule has 1 heterocycles. The van der Waals surface area contributed by atoms with Crippen molar-refractivity contribution in [1.82, 2.24) is 9.80 Å². The third-order valence-electron chi connectivity index (χ3n) is 3.58. The van der Waals surface area contributed by atoms with Gasteiger partial charge in [0.05, 0.1) is 6.54 Å². The molecular weight excluding hydrogens is 230 g/mol.